The fourth-order valence-corrected chi connectivity index (χ4v) is 1.84. The van der Waals surface area contributed by atoms with Crippen molar-refractivity contribution in [3.8, 4) is 0 Å². The van der Waals surface area contributed by atoms with Gasteiger partial charge in [-0.1, -0.05) is 11.6 Å². The third-order valence-electron chi connectivity index (χ3n) is 2.77. The van der Waals surface area contributed by atoms with Crippen molar-refractivity contribution in [3.63, 3.8) is 0 Å². The molecule has 2 N–H and O–H groups in total. The summed E-state index contributed by atoms with van der Waals surface area (Å²) in [7, 11) is 1.80. The Balaban J connectivity index is 1.92. The summed E-state index contributed by atoms with van der Waals surface area (Å²) in [5.41, 5.74) is 0. The summed E-state index contributed by atoms with van der Waals surface area (Å²) in [5.74, 6) is 0.259. The highest BCUT2D eigenvalue weighted by Gasteiger charge is 2.26. The first-order valence-electron chi connectivity index (χ1n) is 5.31. The lowest BCUT2D eigenvalue weighted by Gasteiger charge is -2.21. The van der Waals surface area contributed by atoms with E-state index in [0.717, 1.165) is 5.82 Å². The Morgan fingerprint density at radius 2 is 2.41 bits per heavy atom. The number of rotatable bonds is 3. The van der Waals surface area contributed by atoms with Crippen LogP contribution in [0.4, 0.5) is 0 Å². The zero-order valence-electron chi connectivity index (χ0n) is 9.36. The highest BCUT2D eigenvalue weighted by Crippen LogP contribution is 2.10. The number of aromatic nitrogens is 2. The molecule has 1 unspecified atom stereocenters. The van der Waals surface area contributed by atoms with E-state index in [9.17, 15) is 9.59 Å². The molecule has 1 aromatic heterocycles. The van der Waals surface area contributed by atoms with Crippen LogP contribution in [0, 0.1) is 0 Å². The van der Waals surface area contributed by atoms with Gasteiger partial charge in [0.25, 0.3) is 0 Å². The zero-order chi connectivity index (χ0) is 12.4. The van der Waals surface area contributed by atoms with Crippen LogP contribution in [0.5, 0.6) is 0 Å². The van der Waals surface area contributed by atoms with Crippen LogP contribution in [-0.2, 0) is 23.2 Å². The van der Waals surface area contributed by atoms with E-state index in [1.807, 2.05) is 0 Å². The average Bonchev–Trinajstić information content (AvgIpc) is 2.59. The summed E-state index contributed by atoms with van der Waals surface area (Å²) in [6, 6.07) is -0.344. The van der Waals surface area contributed by atoms with E-state index in [4.69, 9.17) is 11.6 Å². The molecule has 1 fully saturated rings. The Labute approximate surface area is 103 Å². The van der Waals surface area contributed by atoms with Gasteiger partial charge in [0.15, 0.2) is 0 Å². The van der Waals surface area contributed by atoms with Crippen molar-refractivity contribution in [1.29, 1.82) is 0 Å². The summed E-state index contributed by atoms with van der Waals surface area (Å²) >= 11 is 5.85. The molecule has 2 heterocycles. The van der Waals surface area contributed by atoms with Crippen molar-refractivity contribution < 1.29 is 9.59 Å². The monoisotopic (exact) mass is 256 g/mol. The van der Waals surface area contributed by atoms with Gasteiger partial charge in [-0.3, -0.25) is 20.2 Å². The first-order valence-corrected chi connectivity index (χ1v) is 5.69. The van der Waals surface area contributed by atoms with Crippen molar-refractivity contribution in [3.05, 3.63) is 17.2 Å². The minimum Gasteiger partial charge on any atom is -0.321 e. The molecule has 1 aromatic rings. The Kier molecular flexibility index (Phi) is 3.44. The highest BCUT2D eigenvalue weighted by molar-refractivity contribution is 6.29. The molecule has 0 spiro atoms. The van der Waals surface area contributed by atoms with Gasteiger partial charge in [-0.15, -0.1) is 0 Å². The molecule has 2 rings (SSSR count). The number of nitrogens with zero attached hydrogens (tertiary/aromatic N) is 2. The van der Waals surface area contributed by atoms with Crippen molar-refractivity contribution in [1.82, 2.24) is 20.2 Å². The van der Waals surface area contributed by atoms with Gasteiger partial charge in [-0.2, -0.15) is 0 Å². The molecule has 0 aliphatic carbocycles. The number of hydrogen-bond donors (Lipinski definition) is 2. The molecule has 6 nitrogen and oxygen atoms in total. The molecule has 17 heavy (non-hydrogen) atoms. The molecule has 0 radical (unpaired) electrons. The van der Waals surface area contributed by atoms with Crippen LogP contribution >= 0.6 is 11.6 Å². The number of halogens is 1. The van der Waals surface area contributed by atoms with E-state index in [1.165, 1.54) is 0 Å². The summed E-state index contributed by atoms with van der Waals surface area (Å²) < 4.78 is 1.74. The van der Waals surface area contributed by atoms with Crippen LogP contribution in [0.1, 0.15) is 18.7 Å². The Morgan fingerprint density at radius 1 is 1.65 bits per heavy atom. The first-order chi connectivity index (χ1) is 8.08. The maximum absolute atomic E-state index is 11.5. The number of hydrogen-bond acceptors (Lipinski definition) is 4. The second-order valence-corrected chi connectivity index (χ2v) is 4.33. The van der Waals surface area contributed by atoms with Gasteiger partial charge in [0.05, 0.1) is 18.8 Å². The van der Waals surface area contributed by atoms with Gasteiger partial charge >= 0.3 is 0 Å². The first kappa shape index (κ1) is 12.1. The maximum Gasteiger partial charge on any atom is 0.243 e. The lowest BCUT2D eigenvalue weighted by molar-refractivity contribution is -0.134. The molecule has 1 atom stereocenters. The Hall–Kier alpha value is -1.40. The summed E-state index contributed by atoms with van der Waals surface area (Å²) in [6.07, 6.45) is 2.44. The molecule has 1 saturated heterocycles. The molecule has 1 aliphatic rings. The van der Waals surface area contributed by atoms with E-state index in [1.54, 1.807) is 17.8 Å². The van der Waals surface area contributed by atoms with Crippen molar-refractivity contribution in [2.75, 3.05) is 0 Å². The van der Waals surface area contributed by atoms with Gasteiger partial charge in [-0.25, -0.2) is 4.98 Å². The van der Waals surface area contributed by atoms with E-state index in [2.05, 4.69) is 15.6 Å². The van der Waals surface area contributed by atoms with Crippen LogP contribution < -0.4 is 10.6 Å². The number of imide groups is 1. The second kappa shape index (κ2) is 4.85. The number of piperidine rings is 1. The number of nitrogens with one attached hydrogen (secondary N) is 2. The summed E-state index contributed by atoms with van der Waals surface area (Å²) in [5, 5.41) is 5.89. The van der Waals surface area contributed by atoms with Crippen LogP contribution in [-0.4, -0.2) is 27.4 Å². The molecule has 0 bridgehead atoms. The lowest BCUT2D eigenvalue weighted by atomic mass is 10.1. The van der Waals surface area contributed by atoms with Crippen molar-refractivity contribution >= 4 is 23.4 Å². The third-order valence-corrected chi connectivity index (χ3v) is 3.12. The SMILES string of the molecule is Cn1c(Cl)cnc1CNC1CCC(=O)NC1=O. The fraction of sp³-hybridized carbons (Fsp3) is 0.500. The minimum absolute atomic E-state index is 0.215. The zero-order valence-corrected chi connectivity index (χ0v) is 10.1. The van der Waals surface area contributed by atoms with Crippen LogP contribution in [0.3, 0.4) is 0 Å². The number of carbonyl (C=O) groups is 2. The molecular formula is C10H13ClN4O2. The maximum atomic E-state index is 11.5. The van der Waals surface area contributed by atoms with Gasteiger partial charge in [0, 0.05) is 13.5 Å². The topological polar surface area (TPSA) is 76.0 Å². The normalized spacial score (nSPS) is 20.5. The van der Waals surface area contributed by atoms with Gasteiger partial charge < -0.3 is 4.57 Å². The molecule has 0 saturated carbocycles. The minimum atomic E-state index is -0.344. The van der Waals surface area contributed by atoms with Crippen molar-refractivity contribution in [2.24, 2.45) is 7.05 Å². The van der Waals surface area contributed by atoms with Gasteiger partial charge in [0.2, 0.25) is 11.8 Å². The van der Waals surface area contributed by atoms with Crippen LogP contribution in [0.2, 0.25) is 5.15 Å². The predicted octanol–water partition coefficient (Wildman–Crippen LogP) is -0.0317. The Morgan fingerprint density at radius 3 is 3.00 bits per heavy atom. The molecule has 0 aromatic carbocycles. The number of amides is 2. The second-order valence-electron chi connectivity index (χ2n) is 3.94. The van der Waals surface area contributed by atoms with E-state index >= 15 is 0 Å². The smallest absolute Gasteiger partial charge is 0.243 e. The van der Waals surface area contributed by atoms with Crippen molar-refractivity contribution in [2.45, 2.75) is 25.4 Å². The van der Waals surface area contributed by atoms with Crippen LogP contribution in [0.25, 0.3) is 0 Å². The molecular weight excluding hydrogens is 244 g/mol. The van der Waals surface area contributed by atoms with Crippen LogP contribution in [0.15, 0.2) is 6.20 Å². The van der Waals surface area contributed by atoms with Gasteiger partial charge in [-0.05, 0) is 6.42 Å². The number of carbonyl (C=O) groups excluding carboxylic acids is 2. The summed E-state index contributed by atoms with van der Waals surface area (Å²) in [6.45, 7) is 0.440. The highest BCUT2D eigenvalue weighted by atomic mass is 35.5. The quantitative estimate of drug-likeness (QED) is 0.745. The molecule has 1 aliphatic heterocycles. The molecule has 7 heteroatoms. The molecule has 92 valence electrons. The number of imidazole rings is 1. The lowest BCUT2D eigenvalue weighted by Crippen LogP contribution is -2.50. The largest absolute Gasteiger partial charge is 0.321 e. The Bertz CT molecular complexity index is 457. The van der Waals surface area contributed by atoms with Gasteiger partial charge in [0.1, 0.15) is 11.0 Å². The predicted molar refractivity (Wildman–Crippen MR) is 61.2 cm³/mol. The average molecular weight is 257 g/mol. The van der Waals surface area contributed by atoms with E-state index in [-0.39, 0.29) is 17.9 Å². The fourth-order valence-electron chi connectivity index (χ4n) is 1.69. The standard InChI is InChI=1S/C10H13ClN4O2/c1-15-7(11)4-13-8(15)5-12-6-2-3-9(16)14-10(6)17/h4,6,12H,2-3,5H2,1H3,(H,14,16,17). The van der Waals surface area contributed by atoms with E-state index < -0.39 is 0 Å². The van der Waals surface area contributed by atoms with E-state index in [0.29, 0.717) is 24.5 Å². The summed E-state index contributed by atoms with van der Waals surface area (Å²) in [4.78, 5) is 26.5. The molecule has 2 amide bonds. The third kappa shape index (κ3) is 2.65.